The largest absolute Gasteiger partial charge is 0.378 e. The van der Waals surface area contributed by atoms with Gasteiger partial charge in [-0.3, -0.25) is 14.3 Å². The van der Waals surface area contributed by atoms with Crippen molar-refractivity contribution in [2.75, 3.05) is 32.1 Å². The molecule has 0 radical (unpaired) electrons. The summed E-state index contributed by atoms with van der Waals surface area (Å²) in [5.41, 5.74) is 2.98. The Morgan fingerprint density at radius 1 is 1.19 bits per heavy atom. The summed E-state index contributed by atoms with van der Waals surface area (Å²) in [6.07, 6.45) is 6.27. The maximum atomic E-state index is 12.7. The minimum absolute atomic E-state index is 0.0813. The Morgan fingerprint density at radius 3 is 2.74 bits per heavy atom. The molecular weight excluding hydrogens is 364 g/mol. The van der Waals surface area contributed by atoms with Gasteiger partial charge in [0, 0.05) is 36.7 Å². The fourth-order valence-corrected chi connectivity index (χ4v) is 4.55. The molecule has 142 valence electrons. The van der Waals surface area contributed by atoms with E-state index in [0.717, 1.165) is 41.1 Å². The average Bonchev–Trinajstić information content (AvgIpc) is 3.20. The van der Waals surface area contributed by atoms with E-state index in [2.05, 4.69) is 9.97 Å². The molecular formula is C19H22N4O3S. The number of hydrogen-bond acceptors (Lipinski definition) is 6. The number of pyridine rings is 1. The zero-order valence-electron chi connectivity index (χ0n) is 15.1. The van der Waals surface area contributed by atoms with Crippen LogP contribution in [-0.4, -0.2) is 57.4 Å². The van der Waals surface area contributed by atoms with Crippen LogP contribution in [0.4, 0.5) is 0 Å². The molecule has 0 bridgehead atoms. The summed E-state index contributed by atoms with van der Waals surface area (Å²) in [4.78, 5) is 35.2. The molecule has 0 N–H and O–H groups in total. The molecule has 1 amide bonds. The Bertz CT molecular complexity index is 879. The van der Waals surface area contributed by atoms with Crippen molar-refractivity contribution < 1.29 is 9.53 Å². The number of hydrogen-bond donors (Lipinski definition) is 0. The average molecular weight is 386 g/mol. The second-order valence-corrected chi connectivity index (χ2v) is 7.67. The number of ether oxygens (including phenoxy) is 1. The van der Waals surface area contributed by atoms with Gasteiger partial charge in [-0.25, -0.2) is 4.79 Å². The van der Waals surface area contributed by atoms with E-state index in [1.54, 1.807) is 17.0 Å². The second kappa shape index (κ2) is 8.22. The monoisotopic (exact) mass is 386 g/mol. The van der Waals surface area contributed by atoms with Crippen LogP contribution in [0.5, 0.6) is 0 Å². The number of carbonyl (C=O) groups is 1. The summed E-state index contributed by atoms with van der Waals surface area (Å²) in [5, 5.41) is 0.722. The Balaban J connectivity index is 1.52. The first-order valence-electron chi connectivity index (χ1n) is 9.22. The molecule has 0 saturated carbocycles. The van der Waals surface area contributed by atoms with Crippen molar-refractivity contribution >= 4 is 17.7 Å². The van der Waals surface area contributed by atoms with E-state index in [1.807, 2.05) is 17.0 Å². The molecule has 2 aromatic heterocycles. The number of morpholine rings is 1. The van der Waals surface area contributed by atoms with Crippen LogP contribution in [0.15, 0.2) is 34.3 Å². The highest BCUT2D eigenvalue weighted by molar-refractivity contribution is 7.99. The van der Waals surface area contributed by atoms with Crippen LogP contribution in [0, 0.1) is 0 Å². The molecule has 3 heterocycles. The molecule has 0 spiro atoms. The van der Waals surface area contributed by atoms with Gasteiger partial charge in [-0.15, -0.1) is 0 Å². The quantitative estimate of drug-likeness (QED) is 0.566. The van der Waals surface area contributed by atoms with Gasteiger partial charge < -0.3 is 9.64 Å². The summed E-state index contributed by atoms with van der Waals surface area (Å²) in [6, 6.07) is 3.83. The highest BCUT2D eigenvalue weighted by Crippen LogP contribution is 2.29. The van der Waals surface area contributed by atoms with Crippen LogP contribution in [0.25, 0.3) is 0 Å². The molecule has 1 fully saturated rings. The molecule has 4 rings (SSSR count). The lowest BCUT2D eigenvalue weighted by Crippen LogP contribution is -2.41. The lowest BCUT2D eigenvalue weighted by molar-refractivity contribution is -0.132. The van der Waals surface area contributed by atoms with Gasteiger partial charge in [0.15, 0.2) is 0 Å². The zero-order valence-corrected chi connectivity index (χ0v) is 15.9. The molecule has 0 aromatic carbocycles. The number of nitrogens with zero attached hydrogens (tertiary/aromatic N) is 4. The zero-order chi connectivity index (χ0) is 18.6. The third-order valence-corrected chi connectivity index (χ3v) is 5.99. The van der Waals surface area contributed by atoms with E-state index >= 15 is 0 Å². The highest BCUT2D eigenvalue weighted by atomic mass is 32.2. The second-order valence-electron chi connectivity index (χ2n) is 6.70. The third kappa shape index (κ3) is 4.06. The van der Waals surface area contributed by atoms with E-state index in [9.17, 15) is 9.59 Å². The topological polar surface area (TPSA) is 77.3 Å². The maximum absolute atomic E-state index is 12.7. The van der Waals surface area contributed by atoms with Crippen LogP contribution in [0.1, 0.15) is 23.2 Å². The molecule has 7 nitrogen and oxygen atoms in total. The fourth-order valence-electron chi connectivity index (χ4n) is 3.57. The van der Waals surface area contributed by atoms with Gasteiger partial charge in [0.05, 0.1) is 25.5 Å². The molecule has 0 atom stereocenters. The number of carbonyl (C=O) groups excluding carboxylic acids is 1. The number of rotatable bonds is 5. The molecule has 1 aliphatic carbocycles. The predicted molar refractivity (Wildman–Crippen MR) is 102 cm³/mol. The number of thioether (sulfide) groups is 1. The van der Waals surface area contributed by atoms with Crippen LogP contribution < -0.4 is 5.69 Å². The maximum Gasteiger partial charge on any atom is 0.349 e. The molecule has 0 unspecified atom stereocenters. The van der Waals surface area contributed by atoms with Gasteiger partial charge in [-0.2, -0.15) is 4.98 Å². The van der Waals surface area contributed by atoms with Gasteiger partial charge in [0.25, 0.3) is 0 Å². The van der Waals surface area contributed by atoms with Crippen molar-refractivity contribution in [3.8, 4) is 0 Å². The van der Waals surface area contributed by atoms with Crippen LogP contribution >= 0.6 is 11.8 Å². The summed E-state index contributed by atoms with van der Waals surface area (Å²) in [6.45, 7) is 2.97. The number of fused-ring (bicyclic) bond motifs is 1. The molecule has 8 heteroatoms. The van der Waals surface area contributed by atoms with E-state index in [1.165, 1.54) is 11.8 Å². The number of aromatic nitrogens is 3. The van der Waals surface area contributed by atoms with Gasteiger partial charge in [0.1, 0.15) is 5.03 Å². The summed E-state index contributed by atoms with van der Waals surface area (Å²) in [7, 11) is 0. The third-order valence-electron chi connectivity index (χ3n) is 4.99. The van der Waals surface area contributed by atoms with Gasteiger partial charge >= 0.3 is 5.69 Å². The first-order valence-corrected chi connectivity index (χ1v) is 10.2. The Kier molecular flexibility index (Phi) is 5.54. The SMILES string of the molecule is O=C(CSc1nc(=O)n(Cc2ccncc2)c2c1CCC2)N1CCOCC1. The van der Waals surface area contributed by atoms with Crippen LogP contribution in [0.3, 0.4) is 0 Å². The van der Waals surface area contributed by atoms with Crippen molar-refractivity contribution in [3.05, 3.63) is 51.8 Å². The molecule has 2 aromatic rings. The lowest BCUT2D eigenvalue weighted by atomic mass is 10.2. The molecule has 1 aliphatic heterocycles. The molecule has 2 aliphatic rings. The Morgan fingerprint density at radius 2 is 1.96 bits per heavy atom. The van der Waals surface area contributed by atoms with Crippen molar-refractivity contribution in [2.45, 2.75) is 30.8 Å². The summed E-state index contributed by atoms with van der Waals surface area (Å²) in [5.74, 6) is 0.394. The Labute approximate surface area is 161 Å². The van der Waals surface area contributed by atoms with Crippen LogP contribution in [0.2, 0.25) is 0 Å². The summed E-state index contributed by atoms with van der Waals surface area (Å²) >= 11 is 1.39. The smallest absolute Gasteiger partial charge is 0.349 e. The minimum atomic E-state index is -0.242. The van der Waals surface area contributed by atoms with E-state index in [-0.39, 0.29) is 11.6 Å². The van der Waals surface area contributed by atoms with E-state index in [4.69, 9.17) is 4.74 Å². The minimum Gasteiger partial charge on any atom is -0.378 e. The van der Waals surface area contributed by atoms with Gasteiger partial charge in [-0.1, -0.05) is 11.8 Å². The first-order chi connectivity index (χ1) is 13.2. The number of amides is 1. The van der Waals surface area contributed by atoms with E-state index in [0.29, 0.717) is 38.6 Å². The van der Waals surface area contributed by atoms with Crippen LogP contribution in [-0.2, 0) is 28.9 Å². The Hall–Kier alpha value is -2.19. The molecule has 1 saturated heterocycles. The normalized spacial score (nSPS) is 16.4. The van der Waals surface area contributed by atoms with Crippen molar-refractivity contribution in [3.63, 3.8) is 0 Å². The summed E-state index contributed by atoms with van der Waals surface area (Å²) < 4.78 is 7.06. The van der Waals surface area contributed by atoms with Gasteiger partial charge in [0.2, 0.25) is 5.91 Å². The standard InChI is InChI=1S/C19H22N4O3S/c24-17(22-8-10-26-11-9-22)13-27-18-15-2-1-3-16(15)23(19(25)21-18)12-14-4-6-20-7-5-14/h4-7H,1-3,8-13H2. The fraction of sp³-hybridized carbons (Fsp3) is 0.474. The predicted octanol–water partition coefficient (Wildman–Crippen LogP) is 1.13. The van der Waals surface area contributed by atoms with Gasteiger partial charge in [-0.05, 0) is 37.0 Å². The molecule has 27 heavy (non-hydrogen) atoms. The lowest BCUT2D eigenvalue weighted by Gasteiger charge is -2.26. The van der Waals surface area contributed by atoms with E-state index < -0.39 is 0 Å². The van der Waals surface area contributed by atoms with Crippen molar-refractivity contribution in [1.82, 2.24) is 19.4 Å². The highest BCUT2D eigenvalue weighted by Gasteiger charge is 2.24. The van der Waals surface area contributed by atoms with Crippen molar-refractivity contribution in [2.24, 2.45) is 0 Å². The first kappa shape index (κ1) is 18.2. The van der Waals surface area contributed by atoms with Crippen molar-refractivity contribution in [1.29, 1.82) is 0 Å².